The van der Waals surface area contributed by atoms with Crippen LogP contribution in [-0.2, 0) is 0 Å². The molecular weight excluding hydrogens is 102 g/mol. The van der Waals surface area contributed by atoms with Gasteiger partial charge in [-0.3, -0.25) is 0 Å². The molecule has 0 spiro atoms. The van der Waals surface area contributed by atoms with E-state index < -0.39 is 6.16 Å². The molecule has 0 rings (SSSR count). The number of carbonyl (C=O) groups is 1. The molecule has 5 heavy (non-hydrogen) atoms. The van der Waals surface area contributed by atoms with Crippen LogP contribution in [0, 0.1) is 0 Å². The van der Waals surface area contributed by atoms with Gasteiger partial charge in [0, 0.05) is 37.7 Å². The summed E-state index contributed by atoms with van der Waals surface area (Å²) in [6.07, 6.45) is -1.83. The predicted octanol–water partition coefficient (Wildman–Crippen LogP) is -0.158. The van der Waals surface area contributed by atoms with E-state index in [9.17, 15) is 0 Å². The first-order chi connectivity index (χ1) is 1.73. The van der Waals surface area contributed by atoms with Crippen LogP contribution in [0.5, 0.6) is 0 Å². The third kappa shape index (κ3) is 103. The Morgan fingerprint density at radius 2 is 1.40 bits per heavy atom. The molecule has 0 aromatic carbocycles. The Morgan fingerprint density at radius 1 is 1.40 bits per heavy atom. The number of rotatable bonds is 0. The molecule has 0 atom stereocenters. The Balaban J connectivity index is 0. The van der Waals surface area contributed by atoms with Crippen LogP contribution in [0.15, 0.2) is 0 Å². The molecule has 0 amide bonds. The summed E-state index contributed by atoms with van der Waals surface area (Å²) in [5, 5.41) is 13.9. The molecule has 0 heterocycles. The first-order valence-electron chi connectivity index (χ1n) is 0.651. The fourth-order valence-corrected chi connectivity index (χ4v) is 0. The molecule has 0 aliphatic rings. The van der Waals surface area contributed by atoms with Gasteiger partial charge in [-0.25, -0.2) is 4.79 Å². The van der Waals surface area contributed by atoms with E-state index in [0.717, 1.165) is 0 Å². The normalized spacial score (nSPS) is 4.80. The van der Waals surface area contributed by atoms with Crippen molar-refractivity contribution in [3.63, 3.8) is 0 Å². The maximum absolute atomic E-state index is 8.56. The summed E-state index contributed by atoms with van der Waals surface area (Å²) in [5.41, 5.74) is 0. The van der Waals surface area contributed by atoms with Crippen molar-refractivity contribution < 1.29 is 15.0 Å². The Morgan fingerprint density at radius 3 is 1.40 bits per heavy atom. The first kappa shape index (κ1) is 9.11. The van der Waals surface area contributed by atoms with Gasteiger partial charge >= 0.3 is 6.16 Å². The number of carboxylic acid groups (broad SMARTS) is 2. The molecule has 0 saturated heterocycles. The minimum Gasteiger partial charge on any atom is -0.450 e. The second-order valence-corrected chi connectivity index (χ2v) is 0.283. The maximum Gasteiger partial charge on any atom is 0.503 e. The standard InChI is InChI=1S/CH2O3.Ca/c2-1(3)4;/h(H2,2,3,4);/i1+2;. The van der Waals surface area contributed by atoms with Crippen molar-refractivity contribution in [1.82, 2.24) is 0 Å². The predicted molar refractivity (Wildman–Crippen MR) is 16.4 cm³/mol. The van der Waals surface area contributed by atoms with Gasteiger partial charge in [0.2, 0.25) is 0 Å². The molecule has 2 radical (unpaired) electrons. The summed E-state index contributed by atoms with van der Waals surface area (Å²) < 4.78 is 0. The van der Waals surface area contributed by atoms with Gasteiger partial charge in [-0.1, -0.05) is 0 Å². The monoisotopic (exact) mass is 104 g/mol. The Labute approximate surface area is 58.6 Å². The first-order valence-corrected chi connectivity index (χ1v) is 0.651. The maximum atomic E-state index is 8.56. The van der Waals surface area contributed by atoms with Gasteiger partial charge in [-0.15, -0.1) is 0 Å². The van der Waals surface area contributed by atoms with E-state index in [-0.39, 0.29) is 37.7 Å². The Bertz CT molecular complexity index is 29.9. The fraction of sp³-hybridized carbons (Fsp3) is 0. The van der Waals surface area contributed by atoms with E-state index in [1.165, 1.54) is 0 Å². The molecule has 2 N–H and O–H groups in total. The zero-order chi connectivity index (χ0) is 3.58. The Hall–Kier alpha value is 0.530. The van der Waals surface area contributed by atoms with Crippen molar-refractivity contribution in [2.75, 3.05) is 0 Å². The van der Waals surface area contributed by atoms with Crippen molar-refractivity contribution in [2.45, 2.75) is 0 Å². The third-order valence-corrected chi connectivity index (χ3v) is 0. The minimum atomic E-state index is -1.83. The average molecular weight is 104 g/mol. The summed E-state index contributed by atoms with van der Waals surface area (Å²) in [6, 6.07) is 0. The second kappa shape index (κ2) is 4.53. The van der Waals surface area contributed by atoms with E-state index in [1.54, 1.807) is 0 Å². The van der Waals surface area contributed by atoms with E-state index in [0.29, 0.717) is 0 Å². The molecule has 4 heteroatoms. The molecule has 0 saturated carbocycles. The molecule has 0 unspecified atom stereocenters. The molecule has 0 aliphatic carbocycles. The summed E-state index contributed by atoms with van der Waals surface area (Å²) in [5.74, 6) is 0. The topological polar surface area (TPSA) is 57.5 Å². The van der Waals surface area contributed by atoms with E-state index >= 15 is 0 Å². The van der Waals surface area contributed by atoms with Crippen LogP contribution in [0.1, 0.15) is 0 Å². The molecule has 0 aromatic heterocycles. The fourth-order valence-electron chi connectivity index (χ4n) is 0. The zero-order valence-corrected chi connectivity index (χ0v) is 4.72. The minimum absolute atomic E-state index is 0. The van der Waals surface area contributed by atoms with E-state index in [2.05, 4.69) is 0 Å². The molecule has 0 bridgehead atoms. The van der Waals surface area contributed by atoms with Gasteiger partial charge in [-0.05, 0) is 0 Å². The SMILES string of the molecule is O=[14C](O)O.[Ca]. The average Bonchev–Trinajstić information content (AvgIpc) is 0.811. The van der Waals surface area contributed by atoms with Gasteiger partial charge in [0.1, 0.15) is 0 Å². The van der Waals surface area contributed by atoms with Gasteiger partial charge in [0.15, 0.2) is 0 Å². The molecule has 26 valence electrons. The van der Waals surface area contributed by atoms with Crippen molar-refractivity contribution >= 4 is 43.9 Å². The molecule has 0 aliphatic heterocycles. The van der Waals surface area contributed by atoms with Crippen LogP contribution in [0.25, 0.3) is 0 Å². The summed E-state index contributed by atoms with van der Waals surface area (Å²) in [4.78, 5) is 8.56. The van der Waals surface area contributed by atoms with Crippen molar-refractivity contribution in [3.05, 3.63) is 0 Å². The van der Waals surface area contributed by atoms with Gasteiger partial charge in [0.05, 0.1) is 0 Å². The summed E-state index contributed by atoms with van der Waals surface area (Å²) in [7, 11) is 0. The Kier molecular flexibility index (Phi) is 8.25. The van der Waals surface area contributed by atoms with Crippen LogP contribution in [0.4, 0.5) is 4.79 Å². The van der Waals surface area contributed by atoms with Crippen LogP contribution in [0.2, 0.25) is 0 Å². The zero-order valence-electron chi connectivity index (χ0n) is 2.51. The van der Waals surface area contributed by atoms with Crippen LogP contribution < -0.4 is 0 Å². The van der Waals surface area contributed by atoms with Crippen LogP contribution >= 0.6 is 0 Å². The third-order valence-electron chi connectivity index (χ3n) is 0. The smallest absolute Gasteiger partial charge is 0.450 e. The van der Waals surface area contributed by atoms with Crippen LogP contribution in [-0.4, -0.2) is 54.1 Å². The molecule has 0 aromatic rings. The van der Waals surface area contributed by atoms with Crippen LogP contribution in [0.3, 0.4) is 0 Å². The molecule has 0 fully saturated rings. The quantitative estimate of drug-likeness (QED) is 0.420. The van der Waals surface area contributed by atoms with Crippen molar-refractivity contribution in [3.8, 4) is 0 Å². The second-order valence-electron chi connectivity index (χ2n) is 0.283. The molecular formula is CH2CaO3. The van der Waals surface area contributed by atoms with E-state index in [4.69, 9.17) is 15.0 Å². The number of hydrogen-bond acceptors (Lipinski definition) is 1. The van der Waals surface area contributed by atoms with Gasteiger partial charge in [0.25, 0.3) is 0 Å². The van der Waals surface area contributed by atoms with E-state index in [1.807, 2.05) is 0 Å². The van der Waals surface area contributed by atoms with Gasteiger partial charge in [-0.2, -0.15) is 0 Å². The van der Waals surface area contributed by atoms with Crippen molar-refractivity contribution in [2.24, 2.45) is 0 Å². The van der Waals surface area contributed by atoms with Gasteiger partial charge < -0.3 is 10.2 Å². The summed E-state index contributed by atoms with van der Waals surface area (Å²) in [6.45, 7) is 0. The van der Waals surface area contributed by atoms with Crippen molar-refractivity contribution in [1.29, 1.82) is 0 Å². The largest absolute Gasteiger partial charge is 0.503 e. The number of hydrogen-bond donors (Lipinski definition) is 2. The summed E-state index contributed by atoms with van der Waals surface area (Å²) >= 11 is 0. The molecule has 3 nitrogen and oxygen atoms in total.